The van der Waals surface area contributed by atoms with Crippen molar-refractivity contribution < 1.29 is 4.79 Å². The van der Waals surface area contributed by atoms with E-state index >= 15 is 0 Å². The molecule has 5 nitrogen and oxygen atoms in total. The van der Waals surface area contributed by atoms with Gasteiger partial charge in [-0.1, -0.05) is 25.3 Å². The van der Waals surface area contributed by atoms with Crippen LogP contribution in [0.1, 0.15) is 60.4 Å². The molecule has 114 valence electrons. The van der Waals surface area contributed by atoms with Crippen molar-refractivity contribution >= 4 is 33.2 Å². The Morgan fingerprint density at radius 2 is 2.10 bits per heavy atom. The number of hydrogen-bond donors (Lipinski definition) is 0. The van der Waals surface area contributed by atoms with Gasteiger partial charge in [-0.2, -0.15) is 5.10 Å². The summed E-state index contributed by atoms with van der Waals surface area (Å²) < 4.78 is 6.77. The Morgan fingerprint density at radius 1 is 1.38 bits per heavy atom. The lowest BCUT2D eigenvalue weighted by molar-refractivity contribution is 0.0993. The van der Waals surface area contributed by atoms with Crippen LogP contribution in [0.5, 0.6) is 0 Å². The van der Waals surface area contributed by atoms with Gasteiger partial charge < -0.3 is 0 Å². The number of nitrogens with zero attached hydrogens (tertiary/aromatic N) is 4. The maximum atomic E-state index is 12.6. The Kier molecular flexibility index (Phi) is 5.27. The van der Waals surface area contributed by atoms with Gasteiger partial charge in [-0.15, -0.1) is 5.10 Å². The molecular weight excluding hydrogens is 352 g/mol. The summed E-state index contributed by atoms with van der Waals surface area (Å²) in [5, 5.41) is 8.61. The Hall–Kier alpha value is -1.08. The van der Waals surface area contributed by atoms with Crippen molar-refractivity contribution in [1.29, 1.82) is 0 Å². The van der Waals surface area contributed by atoms with Gasteiger partial charge in [0.1, 0.15) is 4.88 Å². The van der Waals surface area contributed by atoms with Crippen LogP contribution in [-0.4, -0.2) is 25.2 Å². The minimum absolute atomic E-state index is 0.0617. The molecule has 0 saturated carbocycles. The second-order valence-electron chi connectivity index (χ2n) is 5.12. The van der Waals surface area contributed by atoms with Crippen molar-refractivity contribution in [2.45, 2.75) is 53.0 Å². The molecule has 7 heteroatoms. The van der Waals surface area contributed by atoms with E-state index in [1.54, 1.807) is 0 Å². The van der Waals surface area contributed by atoms with E-state index in [-0.39, 0.29) is 11.7 Å². The molecule has 2 aromatic heterocycles. The van der Waals surface area contributed by atoms with E-state index in [2.05, 4.69) is 37.5 Å². The molecule has 0 saturated heterocycles. The zero-order chi connectivity index (χ0) is 15.6. The molecule has 0 N–H and O–H groups in total. The van der Waals surface area contributed by atoms with Crippen LogP contribution in [0.25, 0.3) is 0 Å². The predicted molar refractivity (Wildman–Crippen MR) is 87.0 cm³/mol. The highest BCUT2D eigenvalue weighted by Gasteiger charge is 2.22. The first-order valence-electron chi connectivity index (χ1n) is 7.09. The molecule has 0 aliphatic rings. The van der Waals surface area contributed by atoms with Gasteiger partial charge in [0.25, 0.3) is 0 Å². The summed E-state index contributed by atoms with van der Waals surface area (Å²) in [7, 11) is 0. The van der Waals surface area contributed by atoms with Gasteiger partial charge in [0.2, 0.25) is 0 Å². The molecule has 0 aliphatic carbocycles. The molecule has 2 rings (SSSR count). The number of ketones is 1. The number of hydrogen-bond acceptors (Lipinski definition) is 5. The van der Waals surface area contributed by atoms with Gasteiger partial charge in [-0.05, 0) is 46.7 Å². The van der Waals surface area contributed by atoms with Crippen LogP contribution < -0.4 is 0 Å². The first-order valence-corrected chi connectivity index (χ1v) is 8.65. The Balaban J connectivity index is 2.31. The van der Waals surface area contributed by atoms with Gasteiger partial charge in [0.15, 0.2) is 5.78 Å². The SMILES string of the molecule is CCc1nn(CC)c(CC(=O)c2snnc2C(C)C)c1Br. The van der Waals surface area contributed by atoms with Crippen LogP contribution in [0.4, 0.5) is 0 Å². The van der Waals surface area contributed by atoms with Gasteiger partial charge >= 0.3 is 0 Å². The highest BCUT2D eigenvalue weighted by Crippen LogP contribution is 2.26. The summed E-state index contributed by atoms with van der Waals surface area (Å²) in [6, 6.07) is 0. The summed E-state index contributed by atoms with van der Waals surface area (Å²) in [5.41, 5.74) is 2.72. The number of Topliss-reactive ketones (excluding diaryl/α,β-unsaturated/α-hetero) is 1. The summed E-state index contributed by atoms with van der Waals surface area (Å²) >= 11 is 4.76. The molecule has 0 spiro atoms. The monoisotopic (exact) mass is 370 g/mol. The van der Waals surface area contributed by atoms with Crippen molar-refractivity contribution in [3.63, 3.8) is 0 Å². The highest BCUT2D eigenvalue weighted by atomic mass is 79.9. The van der Waals surface area contributed by atoms with Gasteiger partial charge in [-0.3, -0.25) is 9.48 Å². The van der Waals surface area contributed by atoms with E-state index in [1.807, 2.05) is 25.5 Å². The molecular formula is C14H19BrN4OS. The Morgan fingerprint density at radius 3 is 2.67 bits per heavy atom. The zero-order valence-corrected chi connectivity index (χ0v) is 15.1. The van der Waals surface area contributed by atoms with Crippen LogP contribution in [0.3, 0.4) is 0 Å². The molecule has 2 aromatic rings. The summed E-state index contributed by atoms with van der Waals surface area (Å²) in [6.45, 7) is 8.88. The third-order valence-corrected chi connectivity index (χ3v) is 5.03. The van der Waals surface area contributed by atoms with Gasteiger partial charge in [0, 0.05) is 6.54 Å². The molecule has 0 unspecified atom stereocenters. The molecule has 0 fully saturated rings. The molecule has 0 aromatic carbocycles. The maximum absolute atomic E-state index is 12.6. The lowest BCUT2D eigenvalue weighted by Gasteiger charge is -2.06. The molecule has 0 bridgehead atoms. The summed E-state index contributed by atoms with van der Waals surface area (Å²) in [4.78, 5) is 13.3. The second-order valence-corrected chi connectivity index (χ2v) is 6.67. The van der Waals surface area contributed by atoms with Crippen LogP contribution in [0.15, 0.2) is 4.47 Å². The van der Waals surface area contributed by atoms with Crippen LogP contribution in [-0.2, 0) is 19.4 Å². The number of aromatic nitrogens is 4. The van der Waals surface area contributed by atoms with E-state index in [9.17, 15) is 4.79 Å². The lowest BCUT2D eigenvalue weighted by Crippen LogP contribution is -2.11. The molecule has 0 aliphatic heterocycles. The van der Waals surface area contributed by atoms with Crippen molar-refractivity contribution in [3.8, 4) is 0 Å². The largest absolute Gasteiger partial charge is 0.293 e. The average molecular weight is 371 g/mol. The smallest absolute Gasteiger partial charge is 0.182 e. The van der Waals surface area contributed by atoms with E-state index in [0.29, 0.717) is 11.3 Å². The van der Waals surface area contributed by atoms with E-state index in [4.69, 9.17) is 0 Å². The number of aryl methyl sites for hydroxylation is 2. The third kappa shape index (κ3) is 3.23. The normalized spacial score (nSPS) is 11.3. The van der Waals surface area contributed by atoms with Crippen LogP contribution in [0.2, 0.25) is 0 Å². The average Bonchev–Trinajstić information content (AvgIpc) is 3.05. The van der Waals surface area contributed by atoms with E-state index in [1.165, 1.54) is 11.5 Å². The fraction of sp³-hybridized carbons (Fsp3) is 0.571. The molecule has 0 atom stereocenters. The Bertz CT molecular complexity index is 647. The molecule has 0 radical (unpaired) electrons. The fourth-order valence-corrected chi connectivity index (χ4v) is 3.65. The van der Waals surface area contributed by atoms with Gasteiger partial charge in [-0.25, -0.2) is 0 Å². The van der Waals surface area contributed by atoms with E-state index < -0.39 is 0 Å². The fourth-order valence-electron chi connectivity index (χ4n) is 2.19. The molecule has 0 amide bonds. The summed E-state index contributed by atoms with van der Waals surface area (Å²) in [5.74, 6) is 0.264. The maximum Gasteiger partial charge on any atom is 0.182 e. The van der Waals surface area contributed by atoms with Crippen LogP contribution >= 0.6 is 27.5 Å². The molecule has 21 heavy (non-hydrogen) atoms. The van der Waals surface area contributed by atoms with Crippen molar-refractivity contribution in [3.05, 3.63) is 26.4 Å². The van der Waals surface area contributed by atoms with Gasteiger partial charge in [0.05, 0.1) is 28.0 Å². The van der Waals surface area contributed by atoms with Crippen molar-refractivity contribution in [2.24, 2.45) is 0 Å². The van der Waals surface area contributed by atoms with Crippen LogP contribution in [0, 0.1) is 0 Å². The second kappa shape index (κ2) is 6.79. The Labute approximate surface area is 137 Å². The first kappa shape index (κ1) is 16.3. The standard InChI is InChI=1S/C14H19BrN4OS/c1-5-9-12(15)10(19(6-2)17-9)7-11(20)14-13(8(3)4)16-18-21-14/h8H,5-7H2,1-4H3. The quantitative estimate of drug-likeness (QED) is 0.728. The lowest BCUT2D eigenvalue weighted by atomic mass is 10.1. The minimum Gasteiger partial charge on any atom is -0.293 e. The number of carbonyl (C=O) groups excluding carboxylic acids is 1. The van der Waals surface area contributed by atoms with Crippen molar-refractivity contribution in [1.82, 2.24) is 19.4 Å². The first-order chi connectivity index (χ1) is 9.99. The number of halogens is 1. The van der Waals surface area contributed by atoms with Crippen molar-refractivity contribution in [2.75, 3.05) is 0 Å². The number of carbonyl (C=O) groups is 1. The van der Waals surface area contributed by atoms with E-state index in [0.717, 1.165) is 34.5 Å². The highest BCUT2D eigenvalue weighted by molar-refractivity contribution is 9.10. The summed E-state index contributed by atoms with van der Waals surface area (Å²) in [6.07, 6.45) is 1.17. The number of rotatable bonds is 6. The third-order valence-electron chi connectivity index (χ3n) is 3.34. The minimum atomic E-state index is 0.0617. The molecule has 2 heterocycles. The predicted octanol–water partition coefficient (Wildman–Crippen LogP) is 3.63. The topological polar surface area (TPSA) is 60.7 Å². The zero-order valence-electron chi connectivity index (χ0n) is 12.7.